The van der Waals surface area contributed by atoms with E-state index in [-0.39, 0.29) is 23.7 Å². The van der Waals surface area contributed by atoms with Gasteiger partial charge in [-0.25, -0.2) is 14.2 Å². The molecule has 4 aromatic rings. The van der Waals surface area contributed by atoms with Gasteiger partial charge in [0.2, 0.25) is 5.76 Å². The largest absolute Gasteiger partial charge is 0.475 e. The summed E-state index contributed by atoms with van der Waals surface area (Å²) in [5.41, 5.74) is 1.22. The number of hydrogen-bond acceptors (Lipinski definition) is 5. The van der Waals surface area contributed by atoms with Gasteiger partial charge in [0.05, 0.1) is 11.9 Å². The summed E-state index contributed by atoms with van der Waals surface area (Å²) in [5.74, 6) is -0.861. The number of fused-ring (bicyclic) bond motifs is 1. The van der Waals surface area contributed by atoms with E-state index in [2.05, 4.69) is 4.98 Å². The molecule has 0 aliphatic rings. The second-order valence-electron chi connectivity index (χ2n) is 6.34. The lowest BCUT2D eigenvalue weighted by molar-refractivity contribution is 0.0660. The molecular formula is C20H15FN2O4S. The predicted molar refractivity (Wildman–Crippen MR) is 104 cm³/mol. The summed E-state index contributed by atoms with van der Waals surface area (Å²) in [7, 11) is 0. The smallest absolute Gasteiger partial charge is 0.371 e. The molecule has 0 amide bonds. The molecule has 0 saturated carbocycles. The molecule has 4 rings (SSSR count). The zero-order valence-electron chi connectivity index (χ0n) is 15.0. The molecular weight excluding hydrogens is 383 g/mol. The molecule has 0 spiro atoms. The van der Waals surface area contributed by atoms with Crippen LogP contribution in [0.4, 0.5) is 4.39 Å². The first kappa shape index (κ1) is 18.1. The molecule has 0 unspecified atom stereocenters. The number of hydrogen-bond donors (Lipinski definition) is 1. The number of carboxylic acids is 1. The Labute approximate surface area is 162 Å². The molecule has 0 aliphatic carbocycles. The third kappa shape index (κ3) is 3.01. The molecule has 0 aliphatic heterocycles. The third-order valence-corrected chi connectivity index (χ3v) is 5.50. The van der Waals surface area contributed by atoms with Crippen LogP contribution in [-0.4, -0.2) is 20.6 Å². The maximum atomic E-state index is 13.3. The summed E-state index contributed by atoms with van der Waals surface area (Å²) in [5, 5.41) is 9.46. The Bertz CT molecular complexity index is 1270. The molecule has 0 bridgehead atoms. The molecule has 142 valence electrons. The van der Waals surface area contributed by atoms with Crippen molar-refractivity contribution in [3.8, 4) is 11.1 Å². The number of halogens is 1. The Balaban J connectivity index is 1.88. The zero-order valence-corrected chi connectivity index (χ0v) is 15.8. The first-order chi connectivity index (χ1) is 13.3. The summed E-state index contributed by atoms with van der Waals surface area (Å²) in [6.07, 6.45) is 0. The minimum Gasteiger partial charge on any atom is -0.475 e. The van der Waals surface area contributed by atoms with Crippen molar-refractivity contribution >= 4 is 27.5 Å². The molecule has 3 aromatic heterocycles. The van der Waals surface area contributed by atoms with Gasteiger partial charge in [-0.2, -0.15) is 0 Å². The van der Waals surface area contributed by atoms with Crippen LogP contribution in [0.5, 0.6) is 0 Å². The average molecular weight is 398 g/mol. The number of rotatable bonds is 4. The highest BCUT2D eigenvalue weighted by Gasteiger charge is 2.19. The van der Waals surface area contributed by atoms with Gasteiger partial charge in [-0.15, -0.1) is 11.3 Å². The molecule has 0 saturated heterocycles. The highest BCUT2D eigenvalue weighted by Crippen LogP contribution is 2.35. The lowest BCUT2D eigenvalue weighted by Gasteiger charge is -2.09. The molecule has 3 heterocycles. The van der Waals surface area contributed by atoms with Gasteiger partial charge >= 0.3 is 5.97 Å². The van der Waals surface area contributed by atoms with Gasteiger partial charge in [0.25, 0.3) is 5.56 Å². The number of aromatic nitrogens is 2. The van der Waals surface area contributed by atoms with Crippen molar-refractivity contribution in [3.05, 3.63) is 74.8 Å². The fourth-order valence-corrected chi connectivity index (χ4v) is 4.26. The summed E-state index contributed by atoms with van der Waals surface area (Å²) in [4.78, 5) is 30.3. The van der Waals surface area contributed by atoms with Crippen LogP contribution in [0.2, 0.25) is 0 Å². The zero-order chi connectivity index (χ0) is 20.0. The maximum Gasteiger partial charge on any atom is 0.371 e. The first-order valence-corrected chi connectivity index (χ1v) is 9.25. The van der Waals surface area contributed by atoms with E-state index >= 15 is 0 Å². The van der Waals surface area contributed by atoms with Crippen molar-refractivity contribution in [2.45, 2.75) is 20.4 Å². The van der Waals surface area contributed by atoms with Crippen molar-refractivity contribution < 1.29 is 18.7 Å². The van der Waals surface area contributed by atoms with E-state index in [9.17, 15) is 14.0 Å². The number of carbonyl (C=O) groups is 1. The van der Waals surface area contributed by atoms with Gasteiger partial charge in [-0.1, -0.05) is 12.1 Å². The normalized spacial score (nSPS) is 11.2. The minimum absolute atomic E-state index is 0.0681. The molecule has 6 nitrogen and oxygen atoms in total. The summed E-state index contributed by atoms with van der Waals surface area (Å²) < 4.78 is 20.0. The Morgan fingerprint density at radius 1 is 1.21 bits per heavy atom. The molecule has 0 fully saturated rings. The van der Waals surface area contributed by atoms with Gasteiger partial charge in [0, 0.05) is 10.4 Å². The number of nitrogens with zero attached hydrogens (tertiary/aromatic N) is 2. The first-order valence-electron chi connectivity index (χ1n) is 8.43. The SMILES string of the molecule is Cc1sc2nc(C)n(Cc3ccc(C(=O)O)o3)c(=O)c2c1-c1ccc(F)cc1. The number of thiophene rings is 1. The second kappa shape index (κ2) is 6.72. The maximum absolute atomic E-state index is 13.3. The third-order valence-electron chi connectivity index (χ3n) is 4.50. The van der Waals surface area contributed by atoms with E-state index in [1.807, 2.05) is 6.92 Å². The van der Waals surface area contributed by atoms with Crippen LogP contribution >= 0.6 is 11.3 Å². The summed E-state index contributed by atoms with van der Waals surface area (Å²) >= 11 is 1.41. The number of furan rings is 1. The van der Waals surface area contributed by atoms with Crippen molar-refractivity contribution in [1.82, 2.24) is 9.55 Å². The van der Waals surface area contributed by atoms with Gasteiger partial charge in [-0.3, -0.25) is 9.36 Å². The van der Waals surface area contributed by atoms with Crippen LogP contribution in [0.3, 0.4) is 0 Å². The number of aromatic carboxylic acids is 1. The Kier molecular flexibility index (Phi) is 4.35. The van der Waals surface area contributed by atoms with Crippen LogP contribution in [0.25, 0.3) is 21.3 Å². The summed E-state index contributed by atoms with van der Waals surface area (Å²) in [6.45, 7) is 3.68. The second-order valence-corrected chi connectivity index (χ2v) is 7.54. The number of aryl methyl sites for hydroxylation is 2. The summed E-state index contributed by atoms with van der Waals surface area (Å²) in [6, 6.07) is 8.86. The van der Waals surface area contributed by atoms with Crippen LogP contribution in [0, 0.1) is 19.7 Å². The lowest BCUT2D eigenvalue weighted by Crippen LogP contribution is -2.24. The molecule has 0 atom stereocenters. The Hall–Kier alpha value is -3.26. The van der Waals surface area contributed by atoms with Crippen molar-refractivity contribution in [2.24, 2.45) is 0 Å². The van der Waals surface area contributed by atoms with Crippen LogP contribution in [0.1, 0.15) is 27.0 Å². The van der Waals surface area contributed by atoms with Gasteiger partial charge in [0.15, 0.2) is 0 Å². The van der Waals surface area contributed by atoms with Crippen molar-refractivity contribution in [2.75, 3.05) is 0 Å². The molecule has 1 N–H and O–H groups in total. The molecule has 28 heavy (non-hydrogen) atoms. The average Bonchev–Trinajstić information content (AvgIpc) is 3.24. The van der Waals surface area contributed by atoms with Gasteiger partial charge in [0.1, 0.15) is 22.2 Å². The fraction of sp³-hybridized carbons (Fsp3) is 0.150. The van der Waals surface area contributed by atoms with Crippen LogP contribution < -0.4 is 5.56 Å². The molecule has 0 radical (unpaired) electrons. The monoisotopic (exact) mass is 398 g/mol. The molecule has 8 heteroatoms. The van der Waals surface area contributed by atoms with E-state index in [1.165, 1.54) is 40.2 Å². The topological polar surface area (TPSA) is 85.3 Å². The van der Waals surface area contributed by atoms with E-state index < -0.39 is 5.97 Å². The Morgan fingerprint density at radius 3 is 2.57 bits per heavy atom. The Morgan fingerprint density at radius 2 is 1.93 bits per heavy atom. The van der Waals surface area contributed by atoms with E-state index in [0.29, 0.717) is 21.8 Å². The van der Waals surface area contributed by atoms with Crippen LogP contribution in [0.15, 0.2) is 45.6 Å². The number of benzene rings is 1. The highest BCUT2D eigenvalue weighted by molar-refractivity contribution is 7.19. The fourth-order valence-electron chi connectivity index (χ4n) is 3.18. The van der Waals surface area contributed by atoms with Gasteiger partial charge < -0.3 is 9.52 Å². The van der Waals surface area contributed by atoms with E-state index in [0.717, 1.165) is 16.0 Å². The minimum atomic E-state index is -1.17. The number of carboxylic acid groups (broad SMARTS) is 1. The lowest BCUT2D eigenvalue weighted by atomic mass is 10.0. The highest BCUT2D eigenvalue weighted by atomic mass is 32.1. The van der Waals surface area contributed by atoms with Gasteiger partial charge in [-0.05, 0) is 43.7 Å². The van der Waals surface area contributed by atoms with E-state index in [1.54, 1.807) is 19.1 Å². The molecule has 1 aromatic carbocycles. The van der Waals surface area contributed by atoms with Crippen molar-refractivity contribution in [3.63, 3.8) is 0 Å². The predicted octanol–water partition coefficient (Wildman–Crippen LogP) is 4.22. The quantitative estimate of drug-likeness (QED) is 0.556. The van der Waals surface area contributed by atoms with Crippen LogP contribution in [-0.2, 0) is 6.54 Å². The van der Waals surface area contributed by atoms with E-state index in [4.69, 9.17) is 9.52 Å². The standard InChI is InChI=1S/C20H15FN2O4S/c1-10-16(12-3-5-13(21)6-4-12)17-18(28-10)22-11(2)23(19(17)24)9-14-7-8-15(27-14)20(25)26/h3-8H,9H2,1-2H3,(H,25,26). The van der Waals surface area contributed by atoms with Crippen molar-refractivity contribution in [1.29, 1.82) is 0 Å².